The van der Waals surface area contributed by atoms with Crippen molar-refractivity contribution in [3.63, 3.8) is 0 Å². The van der Waals surface area contributed by atoms with Crippen LogP contribution in [0.3, 0.4) is 0 Å². The van der Waals surface area contributed by atoms with Crippen LogP contribution in [0.1, 0.15) is 16.7 Å². The fraction of sp³-hybridized carbons (Fsp3) is 0.0556. The first-order valence-corrected chi connectivity index (χ1v) is 13.3. The van der Waals surface area contributed by atoms with E-state index in [0.717, 1.165) is 27.5 Å². The van der Waals surface area contributed by atoms with Crippen LogP contribution in [0.5, 0.6) is 28.7 Å². The van der Waals surface area contributed by atoms with Crippen LogP contribution in [0, 0.1) is 6.92 Å². The summed E-state index contributed by atoms with van der Waals surface area (Å²) in [6.45, 7) is 2.11. The SMILES string of the molecule is Cc1ccccc1-c1ccccc1C=CCc1c2ccccc2c(-c2c(O)c(O)c(O)c(O)c2O)c2ccccc12. The second-order valence-corrected chi connectivity index (χ2v) is 10.1. The average molecular weight is 541 g/mol. The summed E-state index contributed by atoms with van der Waals surface area (Å²) >= 11 is 0. The highest BCUT2D eigenvalue weighted by molar-refractivity contribution is 6.17. The van der Waals surface area contributed by atoms with E-state index in [0.29, 0.717) is 22.8 Å². The number of hydrogen-bond acceptors (Lipinski definition) is 5. The zero-order valence-corrected chi connectivity index (χ0v) is 22.3. The van der Waals surface area contributed by atoms with Crippen molar-refractivity contribution in [1.29, 1.82) is 0 Å². The van der Waals surface area contributed by atoms with Crippen molar-refractivity contribution < 1.29 is 25.5 Å². The van der Waals surface area contributed by atoms with E-state index in [4.69, 9.17) is 0 Å². The third-order valence-electron chi connectivity index (χ3n) is 7.68. The summed E-state index contributed by atoms with van der Waals surface area (Å²) in [5, 5.41) is 55.5. The van der Waals surface area contributed by atoms with Crippen molar-refractivity contribution in [3.8, 4) is 51.0 Å². The zero-order valence-electron chi connectivity index (χ0n) is 22.3. The molecule has 0 fully saturated rings. The molecule has 0 saturated heterocycles. The van der Waals surface area contributed by atoms with Crippen LogP contribution in [-0.4, -0.2) is 25.5 Å². The fourth-order valence-electron chi connectivity index (χ4n) is 5.70. The van der Waals surface area contributed by atoms with Crippen LogP contribution in [0.2, 0.25) is 0 Å². The normalized spacial score (nSPS) is 11.5. The Morgan fingerprint density at radius 3 is 1.54 bits per heavy atom. The van der Waals surface area contributed by atoms with Crippen LogP contribution in [0.4, 0.5) is 0 Å². The van der Waals surface area contributed by atoms with Crippen molar-refractivity contribution in [2.75, 3.05) is 0 Å². The first kappa shape index (κ1) is 25.8. The molecule has 6 aromatic carbocycles. The second-order valence-electron chi connectivity index (χ2n) is 10.1. The molecule has 0 aromatic heterocycles. The molecule has 0 heterocycles. The summed E-state index contributed by atoms with van der Waals surface area (Å²) in [6, 6.07) is 31.9. The highest BCUT2D eigenvalue weighted by Crippen LogP contribution is 2.57. The number of rotatable bonds is 5. The van der Waals surface area contributed by atoms with Crippen LogP contribution in [0.15, 0.2) is 103 Å². The molecule has 5 heteroatoms. The van der Waals surface area contributed by atoms with Crippen molar-refractivity contribution in [3.05, 3.63) is 120 Å². The maximum absolute atomic E-state index is 10.8. The summed E-state index contributed by atoms with van der Waals surface area (Å²) in [4.78, 5) is 0. The van der Waals surface area contributed by atoms with Gasteiger partial charge >= 0.3 is 0 Å². The molecule has 0 radical (unpaired) electrons. The highest BCUT2D eigenvalue weighted by atomic mass is 16.4. The van der Waals surface area contributed by atoms with Gasteiger partial charge in [-0.1, -0.05) is 109 Å². The van der Waals surface area contributed by atoms with E-state index in [2.05, 4.69) is 43.3 Å². The Kier molecular flexibility index (Phi) is 6.48. The topological polar surface area (TPSA) is 101 Å². The lowest BCUT2D eigenvalue weighted by atomic mass is 9.86. The molecule has 0 bridgehead atoms. The summed E-state index contributed by atoms with van der Waals surface area (Å²) in [5.74, 6) is -4.21. The predicted octanol–water partition coefficient (Wildman–Crippen LogP) is 8.42. The lowest BCUT2D eigenvalue weighted by Gasteiger charge is -2.19. The smallest absolute Gasteiger partial charge is 0.208 e. The standard InChI is InChI=1S/C36H28O5/c1-21-11-2-4-14-23(21)24-15-5-3-12-22(24)13-10-20-25-26-16-6-8-18-28(26)30(29-19-9-7-17-27(25)29)31-32(37)34(39)36(41)35(40)33(31)38/h2-19,37-41H,20H2,1H3. The van der Waals surface area contributed by atoms with Crippen molar-refractivity contribution >= 4 is 27.6 Å². The molecule has 0 atom stereocenters. The van der Waals surface area contributed by atoms with Gasteiger partial charge in [0.25, 0.3) is 0 Å². The van der Waals surface area contributed by atoms with Gasteiger partial charge in [-0.3, -0.25) is 0 Å². The highest BCUT2D eigenvalue weighted by Gasteiger charge is 2.27. The molecule has 5 N–H and O–H groups in total. The Balaban J connectivity index is 1.54. The number of phenols is 5. The van der Waals surface area contributed by atoms with Gasteiger partial charge in [-0.2, -0.15) is 0 Å². The minimum Gasteiger partial charge on any atom is -0.504 e. The lowest BCUT2D eigenvalue weighted by molar-refractivity contribution is 0.330. The van der Waals surface area contributed by atoms with E-state index in [1.54, 1.807) is 0 Å². The van der Waals surface area contributed by atoms with Gasteiger partial charge in [0.15, 0.2) is 11.5 Å². The minimum atomic E-state index is -0.981. The van der Waals surface area contributed by atoms with Crippen LogP contribution in [0.25, 0.3) is 49.9 Å². The van der Waals surface area contributed by atoms with Crippen LogP contribution >= 0.6 is 0 Å². The summed E-state index contributed by atoms with van der Waals surface area (Å²) in [6.07, 6.45) is 4.87. The van der Waals surface area contributed by atoms with Crippen molar-refractivity contribution in [1.82, 2.24) is 0 Å². The van der Waals surface area contributed by atoms with Gasteiger partial charge in [0.2, 0.25) is 17.2 Å². The third-order valence-corrected chi connectivity index (χ3v) is 7.68. The molecule has 6 rings (SSSR count). The largest absolute Gasteiger partial charge is 0.504 e. The lowest BCUT2D eigenvalue weighted by Crippen LogP contribution is -1.94. The van der Waals surface area contributed by atoms with Gasteiger partial charge in [0.1, 0.15) is 0 Å². The molecular formula is C36H28O5. The van der Waals surface area contributed by atoms with Crippen LogP contribution < -0.4 is 0 Å². The molecular weight excluding hydrogens is 512 g/mol. The second kappa shape index (κ2) is 10.3. The summed E-state index contributed by atoms with van der Waals surface area (Å²) in [5.41, 5.74) is 6.00. The van der Waals surface area contributed by atoms with Crippen molar-refractivity contribution in [2.24, 2.45) is 0 Å². The Morgan fingerprint density at radius 2 is 0.951 bits per heavy atom. The van der Waals surface area contributed by atoms with Crippen molar-refractivity contribution in [2.45, 2.75) is 13.3 Å². The first-order valence-electron chi connectivity index (χ1n) is 13.3. The Bertz CT molecular complexity index is 1900. The third kappa shape index (κ3) is 4.28. The van der Waals surface area contributed by atoms with Gasteiger partial charge in [-0.15, -0.1) is 0 Å². The number of allylic oxidation sites excluding steroid dienone is 1. The fourth-order valence-corrected chi connectivity index (χ4v) is 5.70. The van der Waals surface area contributed by atoms with Gasteiger partial charge in [-0.05, 0) is 62.7 Å². The zero-order chi connectivity index (χ0) is 28.7. The molecule has 0 amide bonds. The van der Waals surface area contributed by atoms with E-state index in [-0.39, 0.29) is 5.56 Å². The van der Waals surface area contributed by atoms with E-state index in [9.17, 15) is 25.5 Å². The molecule has 41 heavy (non-hydrogen) atoms. The molecule has 202 valence electrons. The molecule has 0 aliphatic rings. The molecule has 0 spiro atoms. The number of benzene rings is 6. The molecule has 0 unspecified atom stereocenters. The molecule has 6 aromatic rings. The van der Waals surface area contributed by atoms with E-state index in [1.807, 2.05) is 72.8 Å². The number of aromatic hydroxyl groups is 5. The Morgan fingerprint density at radius 1 is 0.488 bits per heavy atom. The van der Waals surface area contributed by atoms with Crippen LogP contribution in [-0.2, 0) is 6.42 Å². The van der Waals surface area contributed by atoms with Gasteiger partial charge in [-0.25, -0.2) is 0 Å². The van der Waals surface area contributed by atoms with E-state index in [1.165, 1.54) is 11.1 Å². The Labute approximate surface area is 237 Å². The average Bonchev–Trinajstić information content (AvgIpc) is 3.00. The molecule has 5 nitrogen and oxygen atoms in total. The number of hydrogen-bond donors (Lipinski definition) is 5. The maximum atomic E-state index is 10.8. The quantitative estimate of drug-likeness (QED) is 0.0858. The molecule has 0 saturated carbocycles. The van der Waals surface area contributed by atoms with Gasteiger partial charge < -0.3 is 25.5 Å². The molecule has 0 aliphatic heterocycles. The minimum absolute atomic E-state index is 0.153. The number of fused-ring (bicyclic) bond motifs is 2. The summed E-state index contributed by atoms with van der Waals surface area (Å²) < 4.78 is 0. The van der Waals surface area contributed by atoms with Gasteiger partial charge in [0.05, 0.1) is 5.56 Å². The predicted molar refractivity (Wildman–Crippen MR) is 165 cm³/mol. The number of aryl methyl sites for hydroxylation is 1. The Hall–Kier alpha value is -5.42. The summed E-state index contributed by atoms with van der Waals surface area (Å²) in [7, 11) is 0. The van der Waals surface area contributed by atoms with E-state index >= 15 is 0 Å². The number of phenolic OH excluding ortho intramolecular Hbond substituents is 5. The first-order chi connectivity index (χ1) is 19.9. The van der Waals surface area contributed by atoms with E-state index < -0.39 is 28.7 Å². The monoisotopic (exact) mass is 540 g/mol. The molecule has 0 aliphatic carbocycles. The van der Waals surface area contributed by atoms with Gasteiger partial charge in [0, 0.05) is 5.56 Å². The maximum Gasteiger partial charge on any atom is 0.208 e.